The van der Waals surface area contributed by atoms with Crippen molar-refractivity contribution in [3.05, 3.63) is 18.0 Å². The number of hydrogen-bond acceptors (Lipinski definition) is 3. The number of carbonyl (C=O) groups excluding carboxylic acids is 1. The Morgan fingerprint density at radius 3 is 2.92 bits per heavy atom. The fourth-order valence-corrected chi connectivity index (χ4v) is 0.814. The molecule has 1 aromatic rings. The summed E-state index contributed by atoms with van der Waals surface area (Å²) in [5.74, 6) is -0.478. The van der Waals surface area contributed by atoms with Crippen LogP contribution in [0.25, 0.3) is 0 Å². The second kappa shape index (κ2) is 3.97. The molecule has 0 spiro atoms. The van der Waals surface area contributed by atoms with Crippen LogP contribution in [0.2, 0.25) is 0 Å². The molecule has 1 heterocycles. The van der Waals surface area contributed by atoms with Crippen LogP contribution in [-0.4, -0.2) is 22.9 Å². The van der Waals surface area contributed by atoms with E-state index in [9.17, 15) is 13.6 Å². The molecule has 0 saturated carbocycles. The van der Waals surface area contributed by atoms with Crippen molar-refractivity contribution in [2.45, 2.75) is 13.0 Å². The van der Waals surface area contributed by atoms with Crippen molar-refractivity contribution in [2.75, 3.05) is 7.11 Å². The summed E-state index contributed by atoms with van der Waals surface area (Å²) in [5, 5.41) is 3.36. The summed E-state index contributed by atoms with van der Waals surface area (Å²) in [6.45, 7) is -2.67. The van der Waals surface area contributed by atoms with E-state index in [4.69, 9.17) is 0 Å². The first-order chi connectivity index (χ1) is 6.13. The molecule has 0 aliphatic carbocycles. The van der Waals surface area contributed by atoms with Gasteiger partial charge in [-0.15, -0.1) is 0 Å². The summed E-state index contributed by atoms with van der Waals surface area (Å²) in [4.78, 5) is 10.7. The summed E-state index contributed by atoms with van der Waals surface area (Å²) in [6.07, 6.45) is 2.29. The average Bonchev–Trinajstić information content (AvgIpc) is 2.52. The van der Waals surface area contributed by atoms with Crippen LogP contribution in [0.4, 0.5) is 8.78 Å². The van der Waals surface area contributed by atoms with E-state index in [1.165, 1.54) is 13.3 Å². The molecule has 6 heteroatoms. The van der Waals surface area contributed by atoms with Crippen molar-refractivity contribution in [2.24, 2.45) is 0 Å². The number of halogens is 2. The van der Waals surface area contributed by atoms with Gasteiger partial charge >= 0.3 is 12.5 Å². The van der Waals surface area contributed by atoms with Gasteiger partial charge in [-0.2, -0.15) is 13.9 Å². The lowest BCUT2D eigenvalue weighted by Gasteiger charge is -1.96. The molecule has 0 unspecified atom stereocenters. The number of nitrogens with zero attached hydrogens (tertiary/aromatic N) is 2. The minimum absolute atomic E-state index is 0.0385. The minimum atomic E-state index is -2.67. The monoisotopic (exact) mass is 190 g/mol. The van der Waals surface area contributed by atoms with Crippen molar-refractivity contribution >= 4 is 5.97 Å². The van der Waals surface area contributed by atoms with E-state index in [1.807, 2.05) is 0 Å². The van der Waals surface area contributed by atoms with E-state index < -0.39 is 12.5 Å². The first kappa shape index (κ1) is 9.63. The lowest BCUT2D eigenvalue weighted by atomic mass is 10.3. The molecule has 0 aromatic carbocycles. The summed E-state index contributed by atoms with van der Waals surface area (Å²) in [6, 6.07) is 0. The highest BCUT2D eigenvalue weighted by Crippen LogP contribution is 2.09. The zero-order valence-corrected chi connectivity index (χ0v) is 6.91. The highest BCUT2D eigenvalue weighted by atomic mass is 19.3. The summed E-state index contributed by atoms with van der Waals surface area (Å²) < 4.78 is 28.8. The van der Waals surface area contributed by atoms with E-state index >= 15 is 0 Å². The first-order valence-electron chi connectivity index (χ1n) is 3.51. The summed E-state index contributed by atoms with van der Waals surface area (Å²) >= 11 is 0. The molecular weight excluding hydrogens is 182 g/mol. The number of hydrogen-bond donors (Lipinski definition) is 0. The van der Waals surface area contributed by atoms with E-state index in [0.29, 0.717) is 10.2 Å². The Hall–Kier alpha value is -1.46. The van der Waals surface area contributed by atoms with Crippen LogP contribution in [0.5, 0.6) is 0 Å². The van der Waals surface area contributed by atoms with Gasteiger partial charge < -0.3 is 4.74 Å². The highest BCUT2D eigenvalue weighted by Gasteiger charge is 2.09. The van der Waals surface area contributed by atoms with Gasteiger partial charge in [-0.05, 0) is 0 Å². The van der Waals surface area contributed by atoms with Gasteiger partial charge in [0.1, 0.15) is 0 Å². The SMILES string of the molecule is COC(=O)Cc1cnn(C(F)F)c1. The molecule has 0 N–H and O–H groups in total. The van der Waals surface area contributed by atoms with Gasteiger partial charge in [0.15, 0.2) is 0 Å². The number of rotatable bonds is 3. The molecule has 13 heavy (non-hydrogen) atoms. The Morgan fingerprint density at radius 1 is 1.77 bits per heavy atom. The average molecular weight is 190 g/mol. The molecule has 0 atom stereocenters. The maximum atomic E-state index is 12.0. The lowest BCUT2D eigenvalue weighted by Crippen LogP contribution is -2.03. The van der Waals surface area contributed by atoms with Crippen molar-refractivity contribution in [1.29, 1.82) is 0 Å². The molecular formula is C7H8F2N2O2. The summed E-state index contributed by atoms with van der Waals surface area (Å²) in [7, 11) is 1.24. The zero-order chi connectivity index (χ0) is 9.84. The number of methoxy groups -OCH3 is 1. The molecule has 0 saturated heterocycles. The van der Waals surface area contributed by atoms with Crippen LogP contribution >= 0.6 is 0 Å². The largest absolute Gasteiger partial charge is 0.469 e. The molecule has 72 valence electrons. The maximum absolute atomic E-state index is 12.0. The second-order valence-electron chi connectivity index (χ2n) is 2.36. The molecule has 1 rings (SSSR count). The highest BCUT2D eigenvalue weighted by molar-refractivity contribution is 5.72. The summed E-state index contributed by atoms with van der Waals surface area (Å²) in [5.41, 5.74) is 0.409. The molecule has 0 amide bonds. The number of aromatic nitrogens is 2. The van der Waals surface area contributed by atoms with Crippen LogP contribution in [0, 0.1) is 0 Å². The Morgan fingerprint density at radius 2 is 2.46 bits per heavy atom. The normalized spacial score (nSPS) is 10.5. The quantitative estimate of drug-likeness (QED) is 0.667. The first-order valence-corrected chi connectivity index (χ1v) is 3.51. The van der Waals surface area contributed by atoms with E-state index in [0.717, 1.165) is 6.20 Å². The molecule has 0 radical (unpaired) electrons. The van der Waals surface area contributed by atoms with Crippen molar-refractivity contribution in [3.63, 3.8) is 0 Å². The molecule has 0 aliphatic heterocycles. The molecule has 0 aliphatic rings. The van der Waals surface area contributed by atoms with Gasteiger partial charge in [0.2, 0.25) is 0 Å². The second-order valence-corrected chi connectivity index (χ2v) is 2.36. The van der Waals surface area contributed by atoms with Crippen LogP contribution in [-0.2, 0) is 16.0 Å². The van der Waals surface area contributed by atoms with Gasteiger partial charge in [0.25, 0.3) is 0 Å². The van der Waals surface area contributed by atoms with Crippen LogP contribution < -0.4 is 0 Å². The standard InChI is InChI=1S/C7H8F2N2O2/c1-13-6(12)2-5-3-10-11(4-5)7(8)9/h3-4,7H,2H2,1H3. The Bertz CT molecular complexity index is 298. The van der Waals surface area contributed by atoms with Gasteiger partial charge in [-0.3, -0.25) is 4.79 Å². The zero-order valence-electron chi connectivity index (χ0n) is 6.91. The molecule has 4 nitrogen and oxygen atoms in total. The fourth-order valence-electron chi connectivity index (χ4n) is 0.814. The number of ether oxygens (including phenoxy) is 1. The predicted molar refractivity (Wildman–Crippen MR) is 39.2 cm³/mol. The predicted octanol–water partition coefficient (Wildman–Crippen LogP) is 0.994. The van der Waals surface area contributed by atoms with E-state index in [2.05, 4.69) is 9.84 Å². The van der Waals surface area contributed by atoms with E-state index in [1.54, 1.807) is 0 Å². The minimum Gasteiger partial charge on any atom is -0.469 e. The van der Waals surface area contributed by atoms with Gasteiger partial charge in [0, 0.05) is 11.8 Å². The third kappa shape index (κ3) is 2.50. The number of alkyl halides is 2. The van der Waals surface area contributed by atoms with E-state index in [-0.39, 0.29) is 6.42 Å². The fraction of sp³-hybridized carbons (Fsp3) is 0.429. The molecule has 0 bridgehead atoms. The molecule has 1 aromatic heterocycles. The number of esters is 1. The Kier molecular flexibility index (Phi) is 2.94. The van der Waals surface area contributed by atoms with Gasteiger partial charge in [0.05, 0.1) is 19.7 Å². The van der Waals surface area contributed by atoms with Crippen LogP contribution in [0.3, 0.4) is 0 Å². The van der Waals surface area contributed by atoms with Gasteiger partial charge in [-0.1, -0.05) is 0 Å². The smallest absolute Gasteiger partial charge is 0.333 e. The maximum Gasteiger partial charge on any atom is 0.333 e. The molecule has 0 fully saturated rings. The van der Waals surface area contributed by atoms with Crippen LogP contribution in [0.15, 0.2) is 12.4 Å². The van der Waals surface area contributed by atoms with Gasteiger partial charge in [-0.25, -0.2) is 4.68 Å². The van der Waals surface area contributed by atoms with Crippen LogP contribution in [0.1, 0.15) is 12.1 Å². The Balaban J connectivity index is 2.64. The topological polar surface area (TPSA) is 44.1 Å². The lowest BCUT2D eigenvalue weighted by molar-refractivity contribution is -0.139. The third-order valence-corrected chi connectivity index (χ3v) is 1.43. The third-order valence-electron chi connectivity index (χ3n) is 1.43. The number of carbonyl (C=O) groups is 1. The Labute approximate surface area is 73.1 Å². The van der Waals surface area contributed by atoms with Crippen molar-refractivity contribution in [1.82, 2.24) is 9.78 Å². The van der Waals surface area contributed by atoms with Crippen molar-refractivity contribution < 1.29 is 18.3 Å². The van der Waals surface area contributed by atoms with Crippen molar-refractivity contribution in [3.8, 4) is 0 Å².